The second-order valence-electron chi connectivity index (χ2n) is 4.69. The summed E-state index contributed by atoms with van der Waals surface area (Å²) in [4.78, 5) is 0. The van der Waals surface area contributed by atoms with Crippen molar-refractivity contribution in [2.45, 2.75) is 25.9 Å². The third-order valence-corrected chi connectivity index (χ3v) is 3.89. The molecule has 4 nitrogen and oxygen atoms in total. The lowest BCUT2D eigenvalue weighted by Gasteiger charge is -2.21. The standard InChI is InChI=1S/C13H15BrClFN4/c1-7(2)20-13(9(14)6-18-20)12(19-17)8-3-4-11(16)10(15)5-8/h3-7,12,19H,17H2,1-2H3. The molecule has 1 unspecified atom stereocenters. The summed E-state index contributed by atoms with van der Waals surface area (Å²) in [5.74, 6) is 5.22. The van der Waals surface area contributed by atoms with Crippen LogP contribution in [0, 0.1) is 5.82 Å². The highest BCUT2D eigenvalue weighted by Gasteiger charge is 2.22. The monoisotopic (exact) mass is 360 g/mol. The van der Waals surface area contributed by atoms with Crippen LogP contribution in [0.15, 0.2) is 28.9 Å². The first-order valence-electron chi connectivity index (χ1n) is 6.09. The maximum absolute atomic E-state index is 13.3. The molecule has 1 aromatic heterocycles. The van der Waals surface area contributed by atoms with Crippen molar-refractivity contribution in [3.8, 4) is 0 Å². The molecule has 1 aromatic carbocycles. The van der Waals surface area contributed by atoms with Crippen molar-refractivity contribution < 1.29 is 4.39 Å². The number of hydrogen-bond donors (Lipinski definition) is 2. The van der Waals surface area contributed by atoms with Gasteiger partial charge in [-0.25, -0.2) is 9.82 Å². The van der Waals surface area contributed by atoms with Gasteiger partial charge in [0.1, 0.15) is 5.82 Å². The second kappa shape index (κ2) is 6.22. The molecule has 2 aromatic rings. The van der Waals surface area contributed by atoms with E-state index in [1.54, 1.807) is 18.3 Å². The molecule has 1 heterocycles. The normalized spacial score (nSPS) is 12.9. The van der Waals surface area contributed by atoms with Crippen LogP contribution < -0.4 is 11.3 Å². The van der Waals surface area contributed by atoms with Crippen molar-refractivity contribution in [2.75, 3.05) is 0 Å². The molecule has 0 bridgehead atoms. The lowest BCUT2D eigenvalue weighted by Crippen LogP contribution is -2.31. The SMILES string of the molecule is CC(C)n1ncc(Br)c1C(NN)c1ccc(F)c(Cl)c1. The van der Waals surface area contributed by atoms with Gasteiger partial charge in [0.2, 0.25) is 0 Å². The molecular formula is C13H15BrClFN4. The first-order valence-corrected chi connectivity index (χ1v) is 7.26. The molecule has 0 saturated heterocycles. The molecule has 0 aliphatic rings. The number of nitrogens with zero attached hydrogens (tertiary/aromatic N) is 2. The number of nitrogens with two attached hydrogens (primary N) is 1. The summed E-state index contributed by atoms with van der Waals surface area (Å²) in [5.41, 5.74) is 4.36. The fourth-order valence-corrected chi connectivity index (χ4v) is 2.75. The summed E-state index contributed by atoms with van der Waals surface area (Å²) in [6.45, 7) is 4.04. The highest BCUT2D eigenvalue weighted by molar-refractivity contribution is 9.10. The van der Waals surface area contributed by atoms with Crippen LogP contribution in [0.5, 0.6) is 0 Å². The molecule has 3 N–H and O–H groups in total. The number of hydrogen-bond acceptors (Lipinski definition) is 3. The zero-order valence-electron chi connectivity index (χ0n) is 11.1. The summed E-state index contributed by atoms with van der Waals surface area (Å²) in [5, 5.41) is 4.38. The second-order valence-corrected chi connectivity index (χ2v) is 5.95. The Labute approximate surface area is 130 Å². The van der Waals surface area contributed by atoms with Crippen molar-refractivity contribution in [1.82, 2.24) is 15.2 Å². The Bertz CT molecular complexity index is 614. The van der Waals surface area contributed by atoms with Crippen molar-refractivity contribution in [3.05, 3.63) is 51.0 Å². The molecule has 0 fully saturated rings. The lowest BCUT2D eigenvalue weighted by molar-refractivity contribution is 0.475. The Kier molecular flexibility index (Phi) is 4.80. The fourth-order valence-electron chi connectivity index (χ4n) is 2.06. The topological polar surface area (TPSA) is 55.9 Å². The van der Waals surface area contributed by atoms with Crippen LogP contribution in [0.1, 0.15) is 37.2 Å². The van der Waals surface area contributed by atoms with Gasteiger partial charge in [-0.15, -0.1) is 0 Å². The Balaban J connectivity index is 2.52. The van der Waals surface area contributed by atoms with E-state index in [9.17, 15) is 4.39 Å². The molecule has 108 valence electrons. The Morgan fingerprint density at radius 3 is 2.70 bits per heavy atom. The Hall–Kier alpha value is -0.950. The number of halogens is 3. The molecule has 1 atom stereocenters. The highest BCUT2D eigenvalue weighted by Crippen LogP contribution is 2.31. The van der Waals surface area contributed by atoms with Gasteiger partial charge in [-0.2, -0.15) is 5.10 Å². The fraction of sp³-hybridized carbons (Fsp3) is 0.308. The van der Waals surface area contributed by atoms with E-state index >= 15 is 0 Å². The van der Waals surface area contributed by atoms with Gasteiger partial charge in [-0.1, -0.05) is 17.7 Å². The molecule has 0 radical (unpaired) electrons. The van der Waals surface area contributed by atoms with Crippen molar-refractivity contribution in [2.24, 2.45) is 5.84 Å². The number of benzene rings is 1. The van der Waals surface area contributed by atoms with E-state index in [0.29, 0.717) is 0 Å². The van der Waals surface area contributed by atoms with E-state index < -0.39 is 5.82 Å². The number of aromatic nitrogens is 2. The van der Waals surface area contributed by atoms with Crippen LogP contribution in [0.25, 0.3) is 0 Å². The third-order valence-electron chi connectivity index (χ3n) is 2.99. The lowest BCUT2D eigenvalue weighted by atomic mass is 10.0. The largest absolute Gasteiger partial charge is 0.271 e. The first-order chi connectivity index (χ1) is 9.45. The minimum absolute atomic E-state index is 0.0643. The van der Waals surface area contributed by atoms with Crippen molar-refractivity contribution in [1.29, 1.82) is 0 Å². The summed E-state index contributed by atoms with van der Waals surface area (Å²) in [6, 6.07) is 4.36. The zero-order chi connectivity index (χ0) is 14.9. The third kappa shape index (κ3) is 2.88. The quantitative estimate of drug-likeness (QED) is 0.646. The van der Waals surface area contributed by atoms with Gasteiger partial charge in [-0.05, 0) is 47.5 Å². The van der Waals surface area contributed by atoms with E-state index in [4.69, 9.17) is 17.4 Å². The van der Waals surface area contributed by atoms with E-state index in [2.05, 4.69) is 26.5 Å². The predicted octanol–water partition coefficient (Wildman–Crippen LogP) is 3.57. The number of rotatable bonds is 4. The molecule has 20 heavy (non-hydrogen) atoms. The summed E-state index contributed by atoms with van der Waals surface area (Å²) in [7, 11) is 0. The molecule has 0 aliphatic carbocycles. The van der Waals surface area contributed by atoms with Crippen LogP contribution in [0.3, 0.4) is 0 Å². The molecule has 7 heteroatoms. The molecule has 0 saturated carbocycles. The highest BCUT2D eigenvalue weighted by atomic mass is 79.9. The Morgan fingerprint density at radius 1 is 1.45 bits per heavy atom. The van der Waals surface area contributed by atoms with Crippen molar-refractivity contribution >= 4 is 27.5 Å². The van der Waals surface area contributed by atoms with Gasteiger partial charge in [-0.3, -0.25) is 10.5 Å². The van der Waals surface area contributed by atoms with E-state index in [1.165, 1.54) is 6.07 Å². The maximum atomic E-state index is 13.3. The van der Waals surface area contributed by atoms with Crippen LogP contribution in [-0.2, 0) is 0 Å². The first kappa shape index (κ1) is 15.4. The minimum atomic E-state index is -0.456. The molecule has 0 amide bonds. The zero-order valence-corrected chi connectivity index (χ0v) is 13.4. The van der Waals surface area contributed by atoms with E-state index in [0.717, 1.165) is 15.7 Å². The van der Waals surface area contributed by atoms with Crippen LogP contribution in [0.2, 0.25) is 5.02 Å². The van der Waals surface area contributed by atoms with Gasteiger partial charge in [0.25, 0.3) is 0 Å². The predicted molar refractivity (Wildman–Crippen MR) is 80.9 cm³/mol. The Morgan fingerprint density at radius 2 is 2.15 bits per heavy atom. The summed E-state index contributed by atoms with van der Waals surface area (Å²) in [6.07, 6.45) is 1.71. The number of nitrogens with one attached hydrogen (secondary N) is 1. The van der Waals surface area contributed by atoms with Crippen LogP contribution in [-0.4, -0.2) is 9.78 Å². The van der Waals surface area contributed by atoms with Crippen LogP contribution >= 0.6 is 27.5 Å². The molecule has 2 rings (SSSR count). The van der Waals surface area contributed by atoms with Gasteiger partial charge in [0.05, 0.1) is 27.4 Å². The average Bonchev–Trinajstić information content (AvgIpc) is 2.77. The molecular weight excluding hydrogens is 347 g/mol. The van der Waals surface area contributed by atoms with E-state index in [1.807, 2.05) is 18.5 Å². The van der Waals surface area contributed by atoms with Gasteiger partial charge in [0.15, 0.2) is 0 Å². The van der Waals surface area contributed by atoms with Crippen LogP contribution in [0.4, 0.5) is 4.39 Å². The van der Waals surface area contributed by atoms with Gasteiger partial charge < -0.3 is 0 Å². The molecule has 0 spiro atoms. The summed E-state index contributed by atoms with van der Waals surface area (Å²) >= 11 is 9.31. The smallest absolute Gasteiger partial charge is 0.141 e. The van der Waals surface area contributed by atoms with Gasteiger partial charge in [0, 0.05) is 6.04 Å². The summed E-state index contributed by atoms with van der Waals surface area (Å²) < 4.78 is 16.0. The van der Waals surface area contributed by atoms with Crippen molar-refractivity contribution in [3.63, 3.8) is 0 Å². The van der Waals surface area contributed by atoms with E-state index in [-0.39, 0.29) is 17.1 Å². The minimum Gasteiger partial charge on any atom is -0.271 e. The number of hydrazine groups is 1. The molecule has 0 aliphatic heterocycles. The maximum Gasteiger partial charge on any atom is 0.141 e. The average molecular weight is 362 g/mol. The van der Waals surface area contributed by atoms with Gasteiger partial charge >= 0.3 is 0 Å².